The van der Waals surface area contributed by atoms with E-state index in [1.165, 1.54) is 24.3 Å². The first-order valence-corrected chi connectivity index (χ1v) is 8.75. The van der Waals surface area contributed by atoms with Crippen LogP contribution in [0.2, 0.25) is 0 Å². The largest absolute Gasteiger partial charge is 0.478 e. The number of aromatic nitrogens is 1. The van der Waals surface area contributed by atoms with Gasteiger partial charge < -0.3 is 14.5 Å². The van der Waals surface area contributed by atoms with E-state index in [1.54, 1.807) is 37.1 Å². The van der Waals surface area contributed by atoms with Crippen LogP contribution in [-0.2, 0) is 4.79 Å². The highest BCUT2D eigenvalue weighted by atomic mass is 19.1. The smallest absolute Gasteiger partial charge is 0.266 e. The molecule has 6 nitrogen and oxygen atoms in total. The molecule has 0 unspecified atom stereocenters. The summed E-state index contributed by atoms with van der Waals surface area (Å²) in [6, 6.07) is 11.2. The molecule has 2 heterocycles. The first-order chi connectivity index (χ1) is 12.9. The van der Waals surface area contributed by atoms with Crippen molar-refractivity contribution >= 4 is 11.7 Å². The quantitative estimate of drug-likeness (QED) is 0.830. The van der Waals surface area contributed by atoms with Gasteiger partial charge in [0.05, 0.1) is 5.56 Å². The Morgan fingerprint density at radius 1 is 1.19 bits per heavy atom. The lowest BCUT2D eigenvalue weighted by molar-refractivity contribution is -0.145. The van der Waals surface area contributed by atoms with E-state index in [2.05, 4.69) is 11.1 Å². The molecule has 0 bridgehead atoms. The Morgan fingerprint density at radius 2 is 1.85 bits per heavy atom. The highest BCUT2D eigenvalue weighted by Gasteiger charge is 2.36. The number of rotatable bonds is 4. The fourth-order valence-electron chi connectivity index (χ4n) is 3.08. The van der Waals surface area contributed by atoms with Gasteiger partial charge in [-0.05, 0) is 50.2 Å². The van der Waals surface area contributed by atoms with Crippen LogP contribution in [0.4, 0.5) is 10.2 Å². The van der Waals surface area contributed by atoms with Crippen molar-refractivity contribution in [1.82, 2.24) is 9.88 Å². The molecule has 7 heteroatoms. The molecule has 1 saturated heterocycles. The molecule has 0 aliphatic carbocycles. The van der Waals surface area contributed by atoms with Gasteiger partial charge >= 0.3 is 0 Å². The normalized spacial score (nSPS) is 14.6. The van der Waals surface area contributed by atoms with E-state index >= 15 is 0 Å². The monoisotopic (exact) mass is 368 g/mol. The van der Waals surface area contributed by atoms with Gasteiger partial charge in [-0.1, -0.05) is 0 Å². The second-order valence-corrected chi connectivity index (χ2v) is 6.83. The molecule has 27 heavy (non-hydrogen) atoms. The molecule has 0 atom stereocenters. The van der Waals surface area contributed by atoms with Crippen LogP contribution in [0.15, 0.2) is 42.6 Å². The first-order valence-electron chi connectivity index (χ1n) is 8.75. The zero-order chi connectivity index (χ0) is 19.4. The zero-order valence-corrected chi connectivity index (χ0v) is 15.4. The molecule has 140 valence electrons. The van der Waals surface area contributed by atoms with E-state index in [9.17, 15) is 14.4 Å². The number of hydrogen-bond acceptors (Lipinski definition) is 5. The number of carbonyl (C=O) groups excluding carboxylic acids is 1. The lowest BCUT2D eigenvalue weighted by Crippen LogP contribution is -2.56. The van der Waals surface area contributed by atoms with Crippen molar-refractivity contribution in [2.24, 2.45) is 0 Å². The Labute approximate surface area is 157 Å². The number of ether oxygens (including phenoxy) is 1. The molecule has 2 aromatic rings. The summed E-state index contributed by atoms with van der Waals surface area (Å²) in [5.74, 6) is 0.608. The summed E-state index contributed by atoms with van der Waals surface area (Å²) >= 11 is 0. The maximum absolute atomic E-state index is 13.0. The highest BCUT2D eigenvalue weighted by molar-refractivity contribution is 5.85. The second-order valence-electron chi connectivity index (χ2n) is 6.83. The van der Waals surface area contributed by atoms with Gasteiger partial charge in [-0.25, -0.2) is 9.37 Å². The van der Waals surface area contributed by atoms with Gasteiger partial charge in [0.1, 0.15) is 23.5 Å². The molecule has 0 saturated carbocycles. The predicted octanol–water partition coefficient (Wildman–Crippen LogP) is 2.60. The Morgan fingerprint density at radius 3 is 2.48 bits per heavy atom. The van der Waals surface area contributed by atoms with E-state index in [0.717, 1.165) is 0 Å². The molecule has 1 aromatic heterocycles. The number of benzene rings is 1. The van der Waals surface area contributed by atoms with Crippen LogP contribution in [0.3, 0.4) is 0 Å². The van der Waals surface area contributed by atoms with Crippen molar-refractivity contribution in [2.75, 3.05) is 31.1 Å². The van der Waals surface area contributed by atoms with Crippen LogP contribution in [0, 0.1) is 17.1 Å². The lowest BCUT2D eigenvalue weighted by atomic mass is 10.1. The zero-order valence-electron chi connectivity index (χ0n) is 15.4. The molecule has 1 fully saturated rings. The van der Waals surface area contributed by atoms with E-state index in [4.69, 9.17) is 4.74 Å². The van der Waals surface area contributed by atoms with Crippen molar-refractivity contribution in [3.63, 3.8) is 0 Å². The number of hydrogen-bond donors (Lipinski definition) is 0. The highest BCUT2D eigenvalue weighted by Crippen LogP contribution is 2.23. The molecular formula is C20H21FN4O2. The number of nitriles is 1. The van der Waals surface area contributed by atoms with Crippen LogP contribution in [-0.4, -0.2) is 47.6 Å². The van der Waals surface area contributed by atoms with Crippen LogP contribution < -0.4 is 9.64 Å². The minimum atomic E-state index is -1.07. The summed E-state index contributed by atoms with van der Waals surface area (Å²) in [5, 5.41) is 9.23. The van der Waals surface area contributed by atoms with Crippen LogP contribution in [0.25, 0.3) is 0 Å². The number of pyridine rings is 1. The number of piperazine rings is 1. The van der Waals surface area contributed by atoms with E-state index in [1.807, 2.05) is 4.90 Å². The third kappa shape index (κ3) is 4.17. The van der Waals surface area contributed by atoms with E-state index in [0.29, 0.717) is 43.3 Å². The molecule has 1 aliphatic heterocycles. The van der Waals surface area contributed by atoms with Crippen molar-refractivity contribution < 1.29 is 13.9 Å². The van der Waals surface area contributed by atoms with Crippen LogP contribution in [0.5, 0.6) is 5.75 Å². The summed E-state index contributed by atoms with van der Waals surface area (Å²) in [6.07, 6.45) is 1.66. The fourth-order valence-corrected chi connectivity index (χ4v) is 3.08. The molecule has 0 N–H and O–H groups in total. The van der Waals surface area contributed by atoms with E-state index in [-0.39, 0.29) is 11.7 Å². The number of anilines is 1. The molecule has 0 spiro atoms. The van der Waals surface area contributed by atoms with E-state index < -0.39 is 5.60 Å². The fraction of sp³-hybridized carbons (Fsp3) is 0.350. The average molecular weight is 368 g/mol. The Kier molecular flexibility index (Phi) is 5.26. The van der Waals surface area contributed by atoms with Gasteiger partial charge in [-0.15, -0.1) is 0 Å². The predicted molar refractivity (Wildman–Crippen MR) is 98.9 cm³/mol. The third-order valence-corrected chi connectivity index (χ3v) is 4.48. The molecule has 0 radical (unpaired) electrons. The van der Waals surface area contributed by atoms with Gasteiger partial charge in [-0.3, -0.25) is 4.79 Å². The second kappa shape index (κ2) is 7.62. The average Bonchev–Trinajstić information content (AvgIpc) is 2.69. The van der Waals surface area contributed by atoms with Crippen LogP contribution >= 0.6 is 0 Å². The number of carbonyl (C=O) groups is 1. The molecule has 1 aromatic carbocycles. The minimum Gasteiger partial charge on any atom is -0.478 e. The lowest BCUT2D eigenvalue weighted by Gasteiger charge is -2.39. The molecular weight excluding hydrogens is 347 g/mol. The van der Waals surface area contributed by atoms with Crippen molar-refractivity contribution in [1.29, 1.82) is 5.26 Å². The van der Waals surface area contributed by atoms with Crippen molar-refractivity contribution in [3.8, 4) is 11.8 Å². The first kappa shape index (κ1) is 18.6. The minimum absolute atomic E-state index is 0.131. The third-order valence-electron chi connectivity index (χ3n) is 4.48. The summed E-state index contributed by atoms with van der Waals surface area (Å²) in [5.41, 5.74) is -0.541. The Hall–Kier alpha value is -3.14. The van der Waals surface area contributed by atoms with Crippen molar-refractivity contribution in [3.05, 3.63) is 54.0 Å². The maximum Gasteiger partial charge on any atom is 0.266 e. The van der Waals surface area contributed by atoms with Gasteiger partial charge in [0.25, 0.3) is 5.91 Å². The summed E-state index contributed by atoms with van der Waals surface area (Å²) < 4.78 is 18.8. The number of amides is 1. The SMILES string of the molecule is CC(C)(Oc1ccc(F)cc1)C(=O)N1CCN(c2ncccc2C#N)CC1. The van der Waals surface area contributed by atoms with Gasteiger partial charge in [0.15, 0.2) is 5.60 Å². The standard InChI is InChI=1S/C20H21FN4O2/c1-20(2,27-17-7-5-16(21)6-8-17)19(26)25-12-10-24(11-13-25)18-15(14-22)4-3-9-23-18/h3-9H,10-13H2,1-2H3. The van der Waals surface area contributed by atoms with Gasteiger partial charge in [-0.2, -0.15) is 5.26 Å². The number of halogens is 1. The van der Waals surface area contributed by atoms with Crippen molar-refractivity contribution in [2.45, 2.75) is 19.4 Å². The summed E-state index contributed by atoms with van der Waals surface area (Å²) in [4.78, 5) is 21.0. The van der Waals surface area contributed by atoms with Crippen LogP contribution in [0.1, 0.15) is 19.4 Å². The Bertz CT molecular complexity index is 853. The van der Waals surface area contributed by atoms with Gasteiger partial charge in [0.2, 0.25) is 0 Å². The van der Waals surface area contributed by atoms with Gasteiger partial charge in [0, 0.05) is 32.4 Å². The molecule has 1 aliphatic rings. The molecule has 3 rings (SSSR count). The maximum atomic E-state index is 13.0. The summed E-state index contributed by atoms with van der Waals surface area (Å²) in [6.45, 7) is 5.61. The summed E-state index contributed by atoms with van der Waals surface area (Å²) in [7, 11) is 0. The topological polar surface area (TPSA) is 69.5 Å². The number of nitrogens with zero attached hydrogens (tertiary/aromatic N) is 4. The molecule has 1 amide bonds. The Balaban J connectivity index is 1.63.